The van der Waals surface area contributed by atoms with Gasteiger partial charge in [0, 0.05) is 0 Å². The molecule has 0 saturated heterocycles. The molecular formula is C9H11BFIO. The molecule has 13 heavy (non-hydrogen) atoms. The van der Waals surface area contributed by atoms with Gasteiger partial charge < -0.3 is 3.07 Å². The summed E-state index contributed by atoms with van der Waals surface area (Å²) >= 11 is 1.85. The quantitative estimate of drug-likeness (QED) is 0.574. The van der Waals surface area contributed by atoms with E-state index >= 15 is 0 Å². The van der Waals surface area contributed by atoms with E-state index in [0.717, 1.165) is 6.42 Å². The summed E-state index contributed by atoms with van der Waals surface area (Å²) in [6, 6.07) is 0. The molecule has 0 N–H and O–H groups in total. The van der Waals surface area contributed by atoms with Crippen LogP contribution in [0, 0.1) is 0 Å². The second-order valence-electron chi connectivity index (χ2n) is 3.35. The van der Waals surface area contributed by atoms with E-state index in [1.165, 1.54) is 12.5 Å². The van der Waals surface area contributed by atoms with Gasteiger partial charge in [0.1, 0.15) is 30.9 Å². The maximum Gasteiger partial charge on any atom is 0.127 e. The summed E-state index contributed by atoms with van der Waals surface area (Å²) in [5.74, 6) is 0. The SMILES string of the molecule is [B]C(C)(F)C1=CC=C(COI)CC1. The molecule has 1 atom stereocenters. The van der Waals surface area contributed by atoms with Gasteiger partial charge >= 0.3 is 0 Å². The minimum Gasteiger partial charge on any atom is -0.311 e. The molecule has 1 aliphatic carbocycles. The van der Waals surface area contributed by atoms with Crippen LogP contribution in [0.4, 0.5) is 4.39 Å². The topological polar surface area (TPSA) is 9.23 Å². The largest absolute Gasteiger partial charge is 0.311 e. The van der Waals surface area contributed by atoms with Crippen LogP contribution < -0.4 is 0 Å². The lowest BCUT2D eigenvalue weighted by molar-refractivity contribution is 0.345. The molecule has 0 aromatic carbocycles. The molecule has 2 radical (unpaired) electrons. The standard InChI is InChI=1S/C9H11BFIO/c1-9(10,11)8-4-2-7(3-5-8)6-13-12/h2,4H,3,5-6H2,1H3. The lowest BCUT2D eigenvalue weighted by Crippen LogP contribution is -2.22. The van der Waals surface area contributed by atoms with E-state index in [2.05, 4.69) is 0 Å². The van der Waals surface area contributed by atoms with Crippen LogP contribution in [0.1, 0.15) is 19.8 Å². The van der Waals surface area contributed by atoms with Crippen molar-refractivity contribution in [2.24, 2.45) is 0 Å². The van der Waals surface area contributed by atoms with Crippen molar-refractivity contribution >= 4 is 30.9 Å². The van der Waals surface area contributed by atoms with E-state index in [9.17, 15) is 4.39 Å². The lowest BCUT2D eigenvalue weighted by atomic mass is 9.75. The van der Waals surface area contributed by atoms with Gasteiger partial charge in [0.15, 0.2) is 0 Å². The van der Waals surface area contributed by atoms with E-state index in [1.54, 1.807) is 6.08 Å². The molecule has 0 fully saturated rings. The van der Waals surface area contributed by atoms with Crippen LogP contribution >= 0.6 is 23.0 Å². The van der Waals surface area contributed by atoms with Gasteiger partial charge in [-0.25, -0.2) is 0 Å². The zero-order chi connectivity index (χ0) is 9.90. The number of rotatable bonds is 3. The van der Waals surface area contributed by atoms with Gasteiger partial charge in [-0.1, -0.05) is 12.2 Å². The molecule has 0 bridgehead atoms. The molecule has 70 valence electrons. The highest BCUT2D eigenvalue weighted by Gasteiger charge is 2.22. The molecule has 4 heteroatoms. The fourth-order valence-corrected chi connectivity index (χ4v) is 1.68. The number of hydrogen-bond acceptors (Lipinski definition) is 1. The Kier molecular flexibility index (Phi) is 3.97. The normalized spacial score (nSPS) is 21.8. The number of hydrogen-bond donors (Lipinski definition) is 0. The first-order chi connectivity index (χ1) is 6.04. The highest BCUT2D eigenvalue weighted by Crippen LogP contribution is 2.28. The van der Waals surface area contributed by atoms with Crippen molar-refractivity contribution in [1.29, 1.82) is 0 Å². The number of halogens is 2. The van der Waals surface area contributed by atoms with Crippen LogP contribution in [0.15, 0.2) is 23.3 Å². The molecule has 0 aromatic rings. The van der Waals surface area contributed by atoms with Gasteiger partial charge in [-0.2, -0.15) is 0 Å². The molecule has 0 spiro atoms. The average Bonchev–Trinajstić information content (AvgIpc) is 2.04. The van der Waals surface area contributed by atoms with Crippen LogP contribution in [0.25, 0.3) is 0 Å². The Morgan fingerprint density at radius 2 is 2.31 bits per heavy atom. The fraction of sp³-hybridized carbons (Fsp3) is 0.556. The molecule has 1 unspecified atom stereocenters. The van der Waals surface area contributed by atoms with Gasteiger partial charge in [-0.3, -0.25) is 4.39 Å². The Balaban J connectivity index is 2.65. The van der Waals surface area contributed by atoms with Crippen molar-refractivity contribution in [1.82, 2.24) is 0 Å². The van der Waals surface area contributed by atoms with E-state index in [-0.39, 0.29) is 0 Å². The summed E-state index contributed by atoms with van der Waals surface area (Å²) < 4.78 is 18.2. The van der Waals surface area contributed by atoms with Crippen molar-refractivity contribution < 1.29 is 7.46 Å². The minimum absolute atomic E-state index is 0.609. The average molecular weight is 292 g/mol. The Morgan fingerprint density at radius 3 is 2.69 bits per heavy atom. The van der Waals surface area contributed by atoms with E-state index in [4.69, 9.17) is 10.9 Å². The third-order valence-electron chi connectivity index (χ3n) is 2.10. The Morgan fingerprint density at radius 1 is 1.62 bits per heavy atom. The molecule has 0 amide bonds. The predicted octanol–water partition coefficient (Wildman–Crippen LogP) is 2.85. The van der Waals surface area contributed by atoms with E-state index < -0.39 is 5.57 Å². The maximum atomic E-state index is 13.2. The summed E-state index contributed by atoms with van der Waals surface area (Å²) in [5.41, 5.74) is 0.167. The smallest absolute Gasteiger partial charge is 0.127 e. The Bertz CT molecular complexity index is 242. The Labute approximate surface area is 93.5 Å². The van der Waals surface area contributed by atoms with Crippen LogP contribution in [-0.4, -0.2) is 20.0 Å². The molecule has 0 heterocycles. The van der Waals surface area contributed by atoms with Crippen molar-refractivity contribution in [3.8, 4) is 0 Å². The highest BCUT2D eigenvalue weighted by atomic mass is 127. The molecule has 0 aliphatic heterocycles. The molecule has 1 nitrogen and oxygen atoms in total. The van der Waals surface area contributed by atoms with Crippen LogP contribution in [0.3, 0.4) is 0 Å². The van der Waals surface area contributed by atoms with Crippen LogP contribution in [-0.2, 0) is 3.07 Å². The first-order valence-corrected chi connectivity index (χ1v) is 5.02. The molecular weight excluding hydrogens is 281 g/mol. The summed E-state index contributed by atoms with van der Waals surface area (Å²) in [7, 11) is 5.33. The fourth-order valence-electron chi connectivity index (χ4n) is 1.28. The summed E-state index contributed by atoms with van der Waals surface area (Å²) in [5, 5.41) is 0. The minimum atomic E-state index is -1.67. The molecule has 1 aliphatic rings. The summed E-state index contributed by atoms with van der Waals surface area (Å²) in [6.07, 6.45) is 5.18. The monoisotopic (exact) mass is 292 g/mol. The zero-order valence-electron chi connectivity index (χ0n) is 7.52. The van der Waals surface area contributed by atoms with Gasteiger partial charge in [-0.15, -0.1) is 0 Å². The second kappa shape index (κ2) is 4.60. The van der Waals surface area contributed by atoms with Crippen LogP contribution in [0.2, 0.25) is 0 Å². The summed E-state index contributed by atoms with van der Waals surface area (Å²) in [6.45, 7) is 1.99. The van der Waals surface area contributed by atoms with Crippen molar-refractivity contribution in [2.75, 3.05) is 6.61 Å². The first-order valence-electron chi connectivity index (χ1n) is 4.14. The molecule has 1 rings (SSSR count). The summed E-state index contributed by atoms with van der Waals surface area (Å²) in [4.78, 5) is 0. The van der Waals surface area contributed by atoms with Crippen LogP contribution in [0.5, 0.6) is 0 Å². The Hall–Kier alpha value is 0.165. The van der Waals surface area contributed by atoms with E-state index in [1.807, 2.05) is 29.1 Å². The highest BCUT2D eigenvalue weighted by molar-refractivity contribution is 14.1. The maximum absolute atomic E-state index is 13.2. The lowest BCUT2D eigenvalue weighted by Gasteiger charge is -2.22. The van der Waals surface area contributed by atoms with Gasteiger partial charge in [0.25, 0.3) is 0 Å². The molecule has 0 aromatic heterocycles. The number of alkyl halides is 1. The van der Waals surface area contributed by atoms with E-state index in [0.29, 0.717) is 18.6 Å². The second-order valence-corrected chi connectivity index (χ2v) is 3.97. The van der Waals surface area contributed by atoms with Crippen molar-refractivity contribution in [3.63, 3.8) is 0 Å². The number of allylic oxidation sites excluding steroid dienone is 3. The third kappa shape index (κ3) is 3.42. The predicted molar refractivity (Wildman–Crippen MR) is 60.6 cm³/mol. The first kappa shape index (κ1) is 11.2. The third-order valence-corrected chi connectivity index (χ3v) is 2.41. The zero-order valence-corrected chi connectivity index (χ0v) is 9.68. The van der Waals surface area contributed by atoms with Gasteiger partial charge in [0.05, 0.1) is 12.2 Å². The molecule has 0 saturated carbocycles. The van der Waals surface area contributed by atoms with Crippen molar-refractivity contribution in [2.45, 2.75) is 25.3 Å². The van der Waals surface area contributed by atoms with Gasteiger partial charge in [0.2, 0.25) is 0 Å². The van der Waals surface area contributed by atoms with Crippen molar-refractivity contribution in [3.05, 3.63) is 23.3 Å². The van der Waals surface area contributed by atoms with Gasteiger partial charge in [-0.05, 0) is 30.9 Å².